The Morgan fingerprint density at radius 2 is 1.94 bits per heavy atom. The molecule has 2 aromatic carbocycles. The molecule has 3 aromatic rings. The number of aromatic nitrogens is 1. The Labute approximate surface area is 215 Å². The van der Waals surface area contributed by atoms with Gasteiger partial charge in [-0.25, -0.2) is 9.18 Å². The molecule has 3 fully saturated rings. The van der Waals surface area contributed by atoms with Gasteiger partial charge in [-0.15, -0.1) is 0 Å². The lowest BCUT2D eigenvalue weighted by Gasteiger charge is -2.31. The number of benzene rings is 2. The number of piperidine rings is 1. The van der Waals surface area contributed by atoms with Crippen molar-refractivity contribution in [2.24, 2.45) is 5.92 Å². The molecule has 2 heterocycles. The van der Waals surface area contributed by atoms with Crippen molar-refractivity contribution in [3.8, 4) is 11.3 Å². The standard InChI is InChI=1S/C26H21Cl2FN2O5/c27-18-2-1-3-19(28)22(18)23-17(24(36-30-23)12-4-5-12)11-35-21-10-14-8-16(21)25(32)31(14)13-6-7-15(26(33)34)20(29)9-13/h1-3,6-7,9,12,14,16,21H,4-5,8,10-11H2,(H,33,34)/t14-,16+,21+/m0/s1. The number of rotatable bonds is 7. The van der Waals surface area contributed by atoms with Crippen molar-refractivity contribution in [3.63, 3.8) is 0 Å². The summed E-state index contributed by atoms with van der Waals surface area (Å²) in [5, 5.41) is 14.3. The monoisotopic (exact) mass is 530 g/mol. The number of carboxylic acids is 1. The molecular formula is C26H21Cl2FN2O5. The molecule has 0 unspecified atom stereocenters. The molecule has 3 aliphatic rings. The molecule has 0 radical (unpaired) electrons. The summed E-state index contributed by atoms with van der Waals surface area (Å²) in [5.74, 6) is -1.68. The second kappa shape index (κ2) is 8.87. The predicted octanol–water partition coefficient (Wildman–Crippen LogP) is 6.07. The SMILES string of the molecule is O=C(O)c1ccc(N2C(=O)[C@@H]3C[C@H]2C[C@H]3OCc2c(-c3c(Cl)cccc3Cl)noc2C2CC2)cc1F. The Balaban J connectivity index is 1.21. The van der Waals surface area contributed by atoms with Gasteiger partial charge in [-0.2, -0.15) is 0 Å². The minimum atomic E-state index is -1.35. The third-order valence-corrected chi connectivity index (χ3v) is 7.90. The smallest absolute Gasteiger partial charge is 0.338 e. The van der Waals surface area contributed by atoms with E-state index in [4.69, 9.17) is 37.6 Å². The Hall–Kier alpha value is -2.94. The number of amides is 1. The first-order valence-electron chi connectivity index (χ1n) is 11.7. The fourth-order valence-corrected chi connectivity index (χ4v) is 5.97. The van der Waals surface area contributed by atoms with Gasteiger partial charge in [-0.1, -0.05) is 34.4 Å². The van der Waals surface area contributed by atoms with E-state index in [1.54, 1.807) is 23.1 Å². The molecule has 2 aliphatic carbocycles. The first kappa shape index (κ1) is 23.5. The molecule has 1 amide bonds. The lowest BCUT2D eigenvalue weighted by molar-refractivity contribution is -0.126. The number of hydrogen-bond acceptors (Lipinski definition) is 5. The van der Waals surface area contributed by atoms with Crippen molar-refractivity contribution in [1.29, 1.82) is 0 Å². The number of anilines is 1. The van der Waals surface area contributed by atoms with E-state index < -0.39 is 17.3 Å². The maximum atomic E-state index is 14.2. The molecule has 1 N–H and O–H groups in total. The zero-order valence-electron chi connectivity index (χ0n) is 18.9. The van der Waals surface area contributed by atoms with Gasteiger partial charge in [0, 0.05) is 28.8 Å². The number of aromatic carboxylic acids is 1. The van der Waals surface area contributed by atoms with Crippen LogP contribution in [-0.4, -0.2) is 34.3 Å². The maximum Gasteiger partial charge on any atom is 0.338 e. The summed E-state index contributed by atoms with van der Waals surface area (Å²) in [4.78, 5) is 25.8. The van der Waals surface area contributed by atoms with Crippen LogP contribution in [-0.2, 0) is 16.1 Å². The van der Waals surface area contributed by atoms with Crippen LogP contribution in [0.25, 0.3) is 11.3 Å². The number of carbonyl (C=O) groups is 2. The molecular weight excluding hydrogens is 510 g/mol. The van der Waals surface area contributed by atoms with Crippen molar-refractivity contribution in [1.82, 2.24) is 5.16 Å². The molecule has 10 heteroatoms. The zero-order chi connectivity index (χ0) is 25.1. The van der Waals surface area contributed by atoms with Crippen LogP contribution >= 0.6 is 23.2 Å². The Kier molecular flexibility index (Phi) is 5.78. The average molecular weight is 531 g/mol. The summed E-state index contributed by atoms with van der Waals surface area (Å²) in [6.07, 6.45) is 2.89. The van der Waals surface area contributed by atoms with Crippen LogP contribution in [0.1, 0.15) is 53.3 Å². The second-order valence-electron chi connectivity index (χ2n) is 9.50. The highest BCUT2D eigenvalue weighted by molar-refractivity contribution is 6.39. The number of carbonyl (C=O) groups excluding carboxylic acids is 1. The number of fused-ring (bicyclic) bond motifs is 2. The van der Waals surface area contributed by atoms with Gasteiger partial charge in [-0.3, -0.25) is 4.79 Å². The van der Waals surface area contributed by atoms with Gasteiger partial charge in [0.15, 0.2) is 0 Å². The fraction of sp³-hybridized carbons (Fsp3) is 0.346. The highest BCUT2D eigenvalue weighted by atomic mass is 35.5. The lowest BCUT2D eigenvalue weighted by Crippen LogP contribution is -2.43. The van der Waals surface area contributed by atoms with E-state index in [2.05, 4.69) is 5.16 Å². The summed E-state index contributed by atoms with van der Waals surface area (Å²) >= 11 is 12.9. The lowest BCUT2D eigenvalue weighted by atomic mass is 10.0. The van der Waals surface area contributed by atoms with Crippen molar-refractivity contribution in [3.05, 3.63) is 69.1 Å². The van der Waals surface area contributed by atoms with E-state index >= 15 is 0 Å². The summed E-state index contributed by atoms with van der Waals surface area (Å²) in [7, 11) is 0. The minimum absolute atomic E-state index is 0.148. The normalized spacial score (nSPS) is 23.0. The van der Waals surface area contributed by atoms with Crippen molar-refractivity contribution >= 4 is 40.8 Å². The van der Waals surface area contributed by atoms with Gasteiger partial charge < -0.3 is 19.3 Å². The maximum absolute atomic E-state index is 14.2. The molecule has 3 atom stereocenters. The number of nitrogens with zero attached hydrogens (tertiary/aromatic N) is 2. The van der Waals surface area contributed by atoms with Crippen LogP contribution in [0, 0.1) is 11.7 Å². The van der Waals surface area contributed by atoms with Crippen LogP contribution in [0.2, 0.25) is 10.0 Å². The summed E-state index contributed by atoms with van der Waals surface area (Å²) < 4.78 is 26.2. The summed E-state index contributed by atoms with van der Waals surface area (Å²) in [6, 6.07) is 8.87. The zero-order valence-corrected chi connectivity index (χ0v) is 20.4. The van der Waals surface area contributed by atoms with E-state index in [0.717, 1.165) is 30.2 Å². The van der Waals surface area contributed by atoms with Crippen LogP contribution < -0.4 is 4.90 Å². The molecule has 2 bridgehead atoms. The molecule has 36 heavy (non-hydrogen) atoms. The second-order valence-corrected chi connectivity index (χ2v) is 10.3. The van der Waals surface area contributed by atoms with E-state index in [1.165, 1.54) is 12.1 Å². The van der Waals surface area contributed by atoms with Crippen LogP contribution in [0.4, 0.5) is 10.1 Å². The highest BCUT2D eigenvalue weighted by Gasteiger charge is 2.52. The number of halogens is 3. The molecule has 0 spiro atoms. The Morgan fingerprint density at radius 1 is 1.19 bits per heavy atom. The van der Waals surface area contributed by atoms with Crippen molar-refractivity contribution in [2.75, 3.05) is 4.90 Å². The Bertz CT molecular complexity index is 1370. The van der Waals surface area contributed by atoms with Gasteiger partial charge in [0.05, 0.1) is 34.2 Å². The molecule has 1 aliphatic heterocycles. The van der Waals surface area contributed by atoms with E-state index in [-0.39, 0.29) is 36.5 Å². The van der Waals surface area contributed by atoms with Crippen LogP contribution in [0.15, 0.2) is 40.9 Å². The number of carboxylic acid groups (broad SMARTS) is 1. The van der Waals surface area contributed by atoms with Gasteiger partial charge in [-0.05, 0) is 56.0 Å². The van der Waals surface area contributed by atoms with E-state index in [9.17, 15) is 14.0 Å². The summed E-state index contributed by atoms with van der Waals surface area (Å²) in [5.41, 5.74) is 1.88. The van der Waals surface area contributed by atoms with Gasteiger partial charge >= 0.3 is 5.97 Å². The molecule has 1 saturated heterocycles. The van der Waals surface area contributed by atoms with Gasteiger partial charge in [0.1, 0.15) is 17.3 Å². The quantitative estimate of drug-likeness (QED) is 0.398. The molecule has 186 valence electrons. The first-order valence-corrected chi connectivity index (χ1v) is 12.5. The number of ether oxygens (including phenoxy) is 1. The van der Waals surface area contributed by atoms with Gasteiger partial charge in [0.25, 0.3) is 0 Å². The number of hydrogen-bond donors (Lipinski definition) is 1. The van der Waals surface area contributed by atoms with Crippen molar-refractivity contribution < 1.29 is 28.3 Å². The topological polar surface area (TPSA) is 92.9 Å². The fourth-order valence-electron chi connectivity index (χ4n) is 5.39. The molecule has 6 rings (SSSR count). The molecule has 2 saturated carbocycles. The average Bonchev–Trinajstić information content (AvgIpc) is 3.34. The summed E-state index contributed by atoms with van der Waals surface area (Å²) in [6.45, 7) is 0.204. The van der Waals surface area contributed by atoms with Gasteiger partial charge in [0.2, 0.25) is 5.91 Å². The van der Waals surface area contributed by atoms with Crippen LogP contribution in [0.3, 0.4) is 0 Å². The van der Waals surface area contributed by atoms with Crippen molar-refractivity contribution in [2.45, 2.75) is 50.4 Å². The minimum Gasteiger partial charge on any atom is -0.478 e. The third-order valence-electron chi connectivity index (χ3n) is 7.27. The van der Waals surface area contributed by atoms with Crippen LogP contribution in [0.5, 0.6) is 0 Å². The van der Waals surface area contributed by atoms with E-state index in [0.29, 0.717) is 39.8 Å². The highest BCUT2D eigenvalue weighted by Crippen LogP contribution is 2.47. The molecule has 7 nitrogen and oxygen atoms in total. The largest absolute Gasteiger partial charge is 0.478 e. The molecule has 1 aromatic heterocycles. The first-order chi connectivity index (χ1) is 17.3. The third kappa shape index (κ3) is 3.88. The van der Waals surface area contributed by atoms with E-state index in [1.807, 2.05) is 0 Å². The predicted molar refractivity (Wildman–Crippen MR) is 130 cm³/mol. The Morgan fingerprint density at radius 3 is 2.58 bits per heavy atom.